The quantitative estimate of drug-likeness (QED) is 0.699. The molecule has 1 aromatic carbocycles. The molecule has 0 saturated heterocycles. The van der Waals surface area contributed by atoms with Gasteiger partial charge in [-0.2, -0.15) is 0 Å². The molecule has 21 heavy (non-hydrogen) atoms. The zero-order valence-electron chi connectivity index (χ0n) is 12.7. The Balaban J connectivity index is 1.95. The van der Waals surface area contributed by atoms with Crippen molar-refractivity contribution in [2.45, 2.75) is 38.6 Å². The van der Waals surface area contributed by atoms with Crippen molar-refractivity contribution in [2.24, 2.45) is 0 Å². The second-order valence-electron chi connectivity index (χ2n) is 5.46. The zero-order chi connectivity index (χ0) is 15.2. The third kappa shape index (κ3) is 4.29. The summed E-state index contributed by atoms with van der Waals surface area (Å²) in [5.41, 5.74) is 3.11. The fraction of sp³-hybridized carbons (Fsp3) is 0.500. The van der Waals surface area contributed by atoms with Gasteiger partial charge in [0.25, 0.3) is 0 Å². The molecule has 0 bridgehead atoms. The topological polar surface area (TPSA) is 70.2 Å². The molecule has 1 unspecified atom stereocenters. The molecule has 0 spiro atoms. The number of rotatable bonds is 6. The van der Waals surface area contributed by atoms with Gasteiger partial charge < -0.3 is 16.0 Å². The maximum absolute atomic E-state index is 11.8. The van der Waals surface area contributed by atoms with E-state index in [1.165, 1.54) is 0 Å². The van der Waals surface area contributed by atoms with Gasteiger partial charge in [-0.1, -0.05) is 12.1 Å². The van der Waals surface area contributed by atoms with Crippen LogP contribution in [0.2, 0.25) is 0 Å². The molecular formula is C16H23N3O2. The Kier molecular flexibility index (Phi) is 5.33. The van der Waals surface area contributed by atoms with Gasteiger partial charge in [0.2, 0.25) is 11.8 Å². The van der Waals surface area contributed by atoms with Crippen molar-refractivity contribution >= 4 is 17.5 Å². The van der Waals surface area contributed by atoms with E-state index in [-0.39, 0.29) is 17.9 Å². The van der Waals surface area contributed by atoms with Gasteiger partial charge >= 0.3 is 0 Å². The van der Waals surface area contributed by atoms with Crippen LogP contribution < -0.4 is 16.0 Å². The van der Waals surface area contributed by atoms with Gasteiger partial charge in [0.05, 0.1) is 6.04 Å². The molecule has 1 atom stereocenters. The van der Waals surface area contributed by atoms with E-state index in [0.717, 1.165) is 36.2 Å². The van der Waals surface area contributed by atoms with Crippen LogP contribution in [0.1, 0.15) is 43.4 Å². The highest BCUT2D eigenvalue weighted by Crippen LogP contribution is 2.26. The summed E-state index contributed by atoms with van der Waals surface area (Å²) in [7, 11) is 1.88. The van der Waals surface area contributed by atoms with Gasteiger partial charge in [-0.15, -0.1) is 0 Å². The third-order valence-electron chi connectivity index (χ3n) is 3.73. The van der Waals surface area contributed by atoms with Crippen molar-refractivity contribution in [3.63, 3.8) is 0 Å². The molecule has 114 valence electrons. The van der Waals surface area contributed by atoms with E-state index < -0.39 is 0 Å². The molecule has 0 aromatic heterocycles. The minimum absolute atomic E-state index is 0.0185. The van der Waals surface area contributed by atoms with Crippen LogP contribution in [0.5, 0.6) is 0 Å². The van der Waals surface area contributed by atoms with Crippen molar-refractivity contribution in [1.82, 2.24) is 10.6 Å². The number of carbonyl (C=O) groups excluding carboxylic acids is 2. The van der Waals surface area contributed by atoms with E-state index in [0.29, 0.717) is 12.8 Å². The second-order valence-corrected chi connectivity index (χ2v) is 5.46. The summed E-state index contributed by atoms with van der Waals surface area (Å²) in [5.74, 6) is 0.143. The lowest BCUT2D eigenvalue weighted by Gasteiger charge is -2.20. The summed E-state index contributed by atoms with van der Waals surface area (Å²) in [6.07, 6.45) is 2.66. The predicted octanol–water partition coefficient (Wildman–Crippen LogP) is 1.75. The summed E-state index contributed by atoms with van der Waals surface area (Å²) in [5, 5.41) is 8.92. The van der Waals surface area contributed by atoms with Crippen LogP contribution in [0.15, 0.2) is 18.2 Å². The number of fused-ring (bicyclic) bond motifs is 1. The molecule has 0 saturated carbocycles. The molecule has 5 heteroatoms. The Morgan fingerprint density at radius 3 is 2.95 bits per heavy atom. The Morgan fingerprint density at radius 1 is 1.38 bits per heavy atom. The van der Waals surface area contributed by atoms with E-state index in [1.54, 1.807) is 0 Å². The molecule has 2 rings (SSSR count). The average Bonchev–Trinajstić information content (AvgIpc) is 2.46. The molecule has 1 heterocycles. The summed E-state index contributed by atoms with van der Waals surface area (Å²) in [6, 6.07) is 5.94. The molecule has 5 nitrogen and oxygen atoms in total. The van der Waals surface area contributed by atoms with Gasteiger partial charge in [-0.3, -0.25) is 9.59 Å². The minimum atomic E-state index is -0.0185. The smallest absolute Gasteiger partial charge is 0.224 e. The van der Waals surface area contributed by atoms with Gasteiger partial charge in [0, 0.05) is 18.5 Å². The van der Waals surface area contributed by atoms with Crippen molar-refractivity contribution < 1.29 is 9.59 Å². The highest BCUT2D eigenvalue weighted by Gasteiger charge is 2.17. The normalized spacial score (nSPS) is 15.0. The summed E-state index contributed by atoms with van der Waals surface area (Å²) in [6.45, 7) is 2.83. The number of anilines is 1. The fourth-order valence-corrected chi connectivity index (χ4v) is 2.50. The maximum atomic E-state index is 11.8. The number of carbonyl (C=O) groups is 2. The molecule has 1 aliphatic heterocycles. The van der Waals surface area contributed by atoms with Crippen LogP contribution >= 0.6 is 0 Å². The molecular weight excluding hydrogens is 266 g/mol. The third-order valence-corrected chi connectivity index (χ3v) is 3.73. The Bertz CT molecular complexity index is 528. The van der Waals surface area contributed by atoms with Crippen LogP contribution in [0.4, 0.5) is 5.69 Å². The van der Waals surface area contributed by atoms with Crippen LogP contribution in [0.25, 0.3) is 0 Å². The van der Waals surface area contributed by atoms with Gasteiger partial charge in [-0.05, 0) is 50.6 Å². The van der Waals surface area contributed by atoms with Crippen LogP contribution in [-0.4, -0.2) is 25.4 Å². The summed E-state index contributed by atoms with van der Waals surface area (Å²) in [4.78, 5) is 23.2. The molecule has 0 fully saturated rings. The first kappa shape index (κ1) is 15.5. The number of amides is 2. The number of hydrogen-bond donors (Lipinski definition) is 3. The summed E-state index contributed by atoms with van der Waals surface area (Å²) >= 11 is 0. The Hall–Kier alpha value is -1.88. The lowest BCUT2D eigenvalue weighted by atomic mass is 9.97. The zero-order valence-corrected chi connectivity index (χ0v) is 12.7. The van der Waals surface area contributed by atoms with E-state index in [4.69, 9.17) is 0 Å². The van der Waals surface area contributed by atoms with E-state index in [1.807, 2.05) is 26.1 Å². The van der Waals surface area contributed by atoms with E-state index >= 15 is 0 Å². The molecule has 1 aliphatic rings. The van der Waals surface area contributed by atoms with Crippen molar-refractivity contribution in [2.75, 3.05) is 18.9 Å². The van der Waals surface area contributed by atoms with Crippen LogP contribution in [0, 0.1) is 0 Å². The average molecular weight is 289 g/mol. The minimum Gasteiger partial charge on any atom is -0.350 e. The van der Waals surface area contributed by atoms with Gasteiger partial charge in [0.1, 0.15) is 0 Å². The predicted molar refractivity (Wildman–Crippen MR) is 83.1 cm³/mol. The molecule has 0 radical (unpaired) electrons. The largest absolute Gasteiger partial charge is 0.350 e. The Morgan fingerprint density at radius 2 is 2.19 bits per heavy atom. The molecule has 2 amide bonds. The van der Waals surface area contributed by atoms with Crippen molar-refractivity contribution in [3.8, 4) is 0 Å². The highest BCUT2D eigenvalue weighted by atomic mass is 16.2. The standard InChI is InChI=1S/C16H23N3O2/c1-11(18-15(20)4-3-9-17-2)12-5-7-14-13(10-12)6-8-16(21)19-14/h5,7,10-11,17H,3-4,6,8-9H2,1-2H3,(H,18,20)(H,19,21). The highest BCUT2D eigenvalue weighted by molar-refractivity contribution is 5.93. The lowest BCUT2D eigenvalue weighted by molar-refractivity contribution is -0.121. The SMILES string of the molecule is CNCCCC(=O)NC(C)c1ccc2c(c1)CCC(=O)N2. The van der Waals surface area contributed by atoms with Crippen LogP contribution in [0.3, 0.4) is 0 Å². The summed E-state index contributed by atoms with van der Waals surface area (Å²) < 4.78 is 0. The van der Waals surface area contributed by atoms with E-state index in [9.17, 15) is 9.59 Å². The monoisotopic (exact) mass is 289 g/mol. The van der Waals surface area contributed by atoms with Crippen molar-refractivity contribution in [1.29, 1.82) is 0 Å². The number of benzene rings is 1. The Labute approximate surface area is 125 Å². The van der Waals surface area contributed by atoms with Crippen molar-refractivity contribution in [3.05, 3.63) is 29.3 Å². The first-order valence-electron chi connectivity index (χ1n) is 7.47. The van der Waals surface area contributed by atoms with E-state index in [2.05, 4.69) is 22.0 Å². The first-order chi connectivity index (χ1) is 10.1. The number of hydrogen-bond acceptors (Lipinski definition) is 3. The number of nitrogens with one attached hydrogen (secondary N) is 3. The van der Waals surface area contributed by atoms with Gasteiger partial charge in [-0.25, -0.2) is 0 Å². The second kappa shape index (κ2) is 7.22. The first-order valence-corrected chi connectivity index (χ1v) is 7.47. The molecule has 0 aliphatic carbocycles. The van der Waals surface area contributed by atoms with Gasteiger partial charge in [0.15, 0.2) is 0 Å². The van der Waals surface area contributed by atoms with Crippen LogP contribution in [-0.2, 0) is 16.0 Å². The fourth-order valence-electron chi connectivity index (χ4n) is 2.50. The number of aryl methyl sites for hydroxylation is 1. The maximum Gasteiger partial charge on any atom is 0.224 e. The lowest BCUT2D eigenvalue weighted by Crippen LogP contribution is -2.27. The molecule has 3 N–H and O–H groups in total. The molecule has 1 aromatic rings.